The molecule has 0 unspecified atom stereocenters. The summed E-state index contributed by atoms with van der Waals surface area (Å²) in [5.41, 5.74) is 2.31. The number of hydrogen-bond acceptors (Lipinski definition) is 3. The lowest BCUT2D eigenvalue weighted by atomic mass is 10.0. The van der Waals surface area contributed by atoms with Crippen LogP contribution in [0.3, 0.4) is 0 Å². The first-order valence-electron chi connectivity index (χ1n) is 4.79. The van der Waals surface area contributed by atoms with E-state index in [1.165, 1.54) is 5.57 Å². The summed E-state index contributed by atoms with van der Waals surface area (Å²) >= 11 is 0. The lowest BCUT2D eigenvalue weighted by Crippen LogP contribution is -2.03. The van der Waals surface area contributed by atoms with Gasteiger partial charge in [-0.15, -0.1) is 0 Å². The quantitative estimate of drug-likeness (QED) is 0.773. The third kappa shape index (κ3) is 2.46. The summed E-state index contributed by atoms with van der Waals surface area (Å²) in [4.78, 5) is 0.362. The first-order valence-corrected chi connectivity index (χ1v) is 5.97. The lowest BCUT2D eigenvalue weighted by Gasteiger charge is -2.13. The van der Waals surface area contributed by atoms with E-state index < -0.39 is 10.7 Å². The fourth-order valence-corrected chi connectivity index (χ4v) is 1.98. The summed E-state index contributed by atoms with van der Waals surface area (Å²) in [5, 5.41) is 0. The standard InChI is InChI=1S/C11H12O3S/c12-15(13)11-3-1-9(2-4-11)10-5-7-14-8-6-10/h1-5,15H,6-8H2. The maximum Gasteiger partial charge on any atom is 0.168 e. The molecular weight excluding hydrogens is 212 g/mol. The zero-order chi connectivity index (χ0) is 10.7. The molecule has 0 bridgehead atoms. The fourth-order valence-electron chi connectivity index (χ4n) is 1.59. The summed E-state index contributed by atoms with van der Waals surface area (Å²) in [7, 11) is -2.47. The first kappa shape index (κ1) is 10.4. The van der Waals surface area contributed by atoms with Crippen LogP contribution in [0, 0.1) is 0 Å². The molecule has 0 spiro atoms. The van der Waals surface area contributed by atoms with E-state index in [1.807, 2.05) is 18.2 Å². The van der Waals surface area contributed by atoms with E-state index in [2.05, 4.69) is 0 Å². The Bertz CT molecular complexity index is 435. The molecule has 0 aliphatic carbocycles. The van der Waals surface area contributed by atoms with Gasteiger partial charge in [0.25, 0.3) is 0 Å². The second-order valence-electron chi connectivity index (χ2n) is 3.36. The molecule has 1 heterocycles. The predicted molar refractivity (Wildman–Crippen MR) is 58.4 cm³/mol. The maximum atomic E-state index is 10.7. The summed E-state index contributed by atoms with van der Waals surface area (Å²) in [6, 6.07) is 6.96. The van der Waals surface area contributed by atoms with Crippen molar-refractivity contribution in [2.24, 2.45) is 0 Å². The van der Waals surface area contributed by atoms with Crippen LogP contribution < -0.4 is 0 Å². The molecule has 2 rings (SSSR count). The molecule has 4 heteroatoms. The average molecular weight is 224 g/mol. The van der Waals surface area contributed by atoms with Crippen molar-refractivity contribution in [3.05, 3.63) is 35.9 Å². The minimum Gasteiger partial charge on any atom is -0.377 e. The molecule has 3 nitrogen and oxygen atoms in total. The molecule has 1 aliphatic heterocycles. The third-order valence-electron chi connectivity index (χ3n) is 2.41. The molecule has 1 aliphatic rings. The highest BCUT2D eigenvalue weighted by atomic mass is 32.2. The highest BCUT2D eigenvalue weighted by Gasteiger charge is 2.06. The van der Waals surface area contributed by atoms with Gasteiger partial charge < -0.3 is 4.74 Å². The van der Waals surface area contributed by atoms with Crippen molar-refractivity contribution in [3.8, 4) is 0 Å². The van der Waals surface area contributed by atoms with Gasteiger partial charge in [0.2, 0.25) is 0 Å². The van der Waals surface area contributed by atoms with Crippen LogP contribution in [0.2, 0.25) is 0 Å². The summed E-state index contributed by atoms with van der Waals surface area (Å²) < 4.78 is 26.6. The van der Waals surface area contributed by atoms with Crippen LogP contribution in [0.4, 0.5) is 0 Å². The average Bonchev–Trinajstić information content (AvgIpc) is 2.30. The van der Waals surface area contributed by atoms with Crippen molar-refractivity contribution >= 4 is 16.3 Å². The molecule has 15 heavy (non-hydrogen) atoms. The lowest BCUT2D eigenvalue weighted by molar-refractivity contribution is 0.161. The molecule has 0 saturated carbocycles. The number of rotatable bonds is 2. The van der Waals surface area contributed by atoms with Gasteiger partial charge in [-0.1, -0.05) is 18.2 Å². The summed E-state index contributed by atoms with van der Waals surface area (Å²) in [5.74, 6) is 0. The Morgan fingerprint density at radius 2 is 1.87 bits per heavy atom. The smallest absolute Gasteiger partial charge is 0.168 e. The van der Waals surface area contributed by atoms with Crippen molar-refractivity contribution in [1.29, 1.82) is 0 Å². The van der Waals surface area contributed by atoms with Crippen LogP contribution in [0.1, 0.15) is 12.0 Å². The second-order valence-corrected chi connectivity index (χ2v) is 4.39. The van der Waals surface area contributed by atoms with E-state index in [0.29, 0.717) is 11.5 Å². The van der Waals surface area contributed by atoms with E-state index in [-0.39, 0.29) is 0 Å². The predicted octanol–water partition coefficient (Wildman–Crippen LogP) is 1.46. The molecule has 0 saturated heterocycles. The first-order chi connectivity index (χ1) is 7.27. The zero-order valence-corrected chi connectivity index (χ0v) is 9.07. The van der Waals surface area contributed by atoms with Gasteiger partial charge >= 0.3 is 0 Å². The molecular formula is C11H12O3S. The minimum atomic E-state index is -2.47. The SMILES string of the molecule is O=[SH](=O)c1ccc(C2=CCOCC2)cc1. The topological polar surface area (TPSA) is 43.4 Å². The van der Waals surface area contributed by atoms with Gasteiger partial charge in [0.1, 0.15) is 0 Å². The largest absolute Gasteiger partial charge is 0.377 e. The third-order valence-corrected chi connectivity index (χ3v) is 3.13. The Balaban J connectivity index is 2.26. The van der Waals surface area contributed by atoms with E-state index in [1.54, 1.807) is 12.1 Å². The Hall–Kier alpha value is -1.13. The minimum absolute atomic E-state index is 0.362. The van der Waals surface area contributed by atoms with Crippen LogP contribution in [-0.4, -0.2) is 21.6 Å². The molecule has 1 aromatic rings. The van der Waals surface area contributed by atoms with E-state index >= 15 is 0 Å². The molecule has 0 N–H and O–H groups in total. The van der Waals surface area contributed by atoms with Gasteiger partial charge in [0.05, 0.1) is 18.1 Å². The van der Waals surface area contributed by atoms with Gasteiger partial charge in [0.15, 0.2) is 10.7 Å². The Kier molecular flexibility index (Phi) is 3.18. The fraction of sp³-hybridized carbons (Fsp3) is 0.273. The zero-order valence-electron chi connectivity index (χ0n) is 8.18. The Labute approximate surface area is 90.3 Å². The normalized spacial score (nSPS) is 16.5. The van der Waals surface area contributed by atoms with Crippen molar-refractivity contribution in [1.82, 2.24) is 0 Å². The van der Waals surface area contributed by atoms with Crippen molar-refractivity contribution < 1.29 is 13.2 Å². The highest BCUT2D eigenvalue weighted by Crippen LogP contribution is 2.21. The van der Waals surface area contributed by atoms with Crippen molar-refractivity contribution in [3.63, 3.8) is 0 Å². The molecule has 0 radical (unpaired) electrons. The van der Waals surface area contributed by atoms with E-state index in [9.17, 15) is 8.42 Å². The number of thiol groups is 1. The van der Waals surface area contributed by atoms with Crippen molar-refractivity contribution in [2.45, 2.75) is 11.3 Å². The van der Waals surface area contributed by atoms with Gasteiger partial charge in [-0.05, 0) is 29.7 Å². The molecule has 0 amide bonds. The van der Waals surface area contributed by atoms with Gasteiger partial charge in [-0.3, -0.25) is 0 Å². The second kappa shape index (κ2) is 4.59. The Morgan fingerprint density at radius 1 is 1.13 bits per heavy atom. The number of benzene rings is 1. The van der Waals surface area contributed by atoms with Crippen LogP contribution in [0.25, 0.3) is 5.57 Å². The number of hydrogen-bond donors (Lipinski definition) is 1. The van der Waals surface area contributed by atoms with Crippen LogP contribution in [0.15, 0.2) is 35.2 Å². The molecule has 0 aromatic heterocycles. The van der Waals surface area contributed by atoms with E-state index in [0.717, 1.165) is 18.6 Å². The van der Waals surface area contributed by atoms with Gasteiger partial charge in [-0.2, -0.15) is 0 Å². The molecule has 0 atom stereocenters. The van der Waals surface area contributed by atoms with Gasteiger partial charge in [-0.25, -0.2) is 8.42 Å². The summed E-state index contributed by atoms with van der Waals surface area (Å²) in [6.45, 7) is 1.39. The maximum absolute atomic E-state index is 10.7. The van der Waals surface area contributed by atoms with E-state index in [4.69, 9.17) is 4.74 Å². The Morgan fingerprint density at radius 3 is 2.40 bits per heavy atom. The molecule has 0 fully saturated rings. The van der Waals surface area contributed by atoms with Crippen LogP contribution in [-0.2, 0) is 15.4 Å². The highest BCUT2D eigenvalue weighted by molar-refractivity contribution is 7.72. The molecule has 80 valence electrons. The van der Waals surface area contributed by atoms with Crippen molar-refractivity contribution in [2.75, 3.05) is 13.2 Å². The van der Waals surface area contributed by atoms with Gasteiger partial charge in [0, 0.05) is 0 Å². The van der Waals surface area contributed by atoms with Crippen LogP contribution >= 0.6 is 0 Å². The van der Waals surface area contributed by atoms with Crippen LogP contribution in [0.5, 0.6) is 0 Å². The number of ether oxygens (including phenoxy) is 1. The monoisotopic (exact) mass is 224 g/mol. The molecule has 1 aromatic carbocycles. The summed E-state index contributed by atoms with van der Waals surface area (Å²) in [6.07, 6.45) is 2.93.